The zero-order valence-electron chi connectivity index (χ0n) is 11.1. The number of hydrogen-bond acceptors (Lipinski definition) is 5. The molecule has 1 aromatic rings. The number of para-hydroxylation sites is 1. The fourth-order valence-electron chi connectivity index (χ4n) is 1.54. The first kappa shape index (κ1) is 16.6. The molecule has 19 heavy (non-hydrogen) atoms. The minimum absolute atomic E-state index is 0.288. The second-order valence-corrected chi connectivity index (χ2v) is 8.99. The van der Waals surface area contributed by atoms with Crippen LogP contribution in [0.4, 0.5) is 5.69 Å². The van der Waals surface area contributed by atoms with Gasteiger partial charge in [0.05, 0.1) is 25.2 Å². The molecule has 108 valence electrons. The van der Waals surface area contributed by atoms with E-state index in [0.29, 0.717) is 5.69 Å². The van der Waals surface area contributed by atoms with Crippen LogP contribution in [0.15, 0.2) is 30.3 Å². The molecule has 1 aromatic carbocycles. The van der Waals surface area contributed by atoms with Crippen LogP contribution in [0.25, 0.3) is 0 Å². The van der Waals surface area contributed by atoms with E-state index in [1.165, 1.54) is 0 Å². The Morgan fingerprint density at radius 1 is 1.16 bits per heavy atom. The minimum Gasteiger partial charge on any atom is -0.313 e. The highest BCUT2D eigenvalue weighted by molar-refractivity contribution is 8.17. The second-order valence-electron chi connectivity index (χ2n) is 3.65. The molecule has 0 saturated carbocycles. The summed E-state index contributed by atoms with van der Waals surface area (Å²) in [5, 5.41) is 0. The summed E-state index contributed by atoms with van der Waals surface area (Å²) in [7, 11) is -3.59. The normalized spacial score (nSPS) is 12.4. The topological polar surface area (TPSA) is 55.8 Å². The molecule has 0 radical (unpaired) electrons. The van der Waals surface area contributed by atoms with E-state index in [2.05, 4.69) is 0 Å². The van der Waals surface area contributed by atoms with Crippen LogP contribution in [0, 0.1) is 0 Å². The van der Waals surface area contributed by atoms with Crippen LogP contribution >= 0.6 is 6.64 Å². The Morgan fingerprint density at radius 3 is 2.00 bits per heavy atom. The summed E-state index contributed by atoms with van der Waals surface area (Å²) in [5.41, 5.74) is 0.454. The third-order valence-electron chi connectivity index (χ3n) is 2.10. The van der Waals surface area contributed by atoms with Gasteiger partial charge in [-0.05, 0) is 37.8 Å². The summed E-state index contributed by atoms with van der Waals surface area (Å²) in [4.78, 5) is 0. The second kappa shape index (κ2) is 6.81. The molecule has 0 bridgehead atoms. The Kier molecular flexibility index (Phi) is 5.95. The first-order valence-corrected chi connectivity index (χ1v) is 10.2. The molecule has 0 saturated heterocycles. The number of rotatable bonds is 7. The fourth-order valence-corrected chi connectivity index (χ4v) is 7.14. The van der Waals surface area contributed by atoms with E-state index in [9.17, 15) is 8.42 Å². The van der Waals surface area contributed by atoms with E-state index in [4.69, 9.17) is 20.9 Å². The number of sulfonamides is 1. The minimum atomic E-state index is -3.59. The molecule has 0 heterocycles. The summed E-state index contributed by atoms with van der Waals surface area (Å²) in [6.45, 7) is 0.992. The third kappa shape index (κ3) is 4.26. The largest absolute Gasteiger partial charge is 0.313 e. The van der Waals surface area contributed by atoms with E-state index < -0.39 is 16.7 Å². The maximum Gasteiger partial charge on any atom is 0.303 e. The van der Waals surface area contributed by atoms with Crippen molar-refractivity contribution in [2.24, 2.45) is 0 Å². The number of nitrogens with zero attached hydrogens (tertiary/aromatic N) is 1. The lowest BCUT2D eigenvalue weighted by Gasteiger charge is -2.32. The quantitative estimate of drug-likeness (QED) is 0.722. The van der Waals surface area contributed by atoms with E-state index in [-0.39, 0.29) is 13.2 Å². The Labute approximate surface area is 119 Å². The van der Waals surface area contributed by atoms with Crippen LogP contribution in [-0.4, -0.2) is 27.9 Å². The van der Waals surface area contributed by atoms with Gasteiger partial charge in [0.1, 0.15) is 0 Å². The molecule has 0 atom stereocenters. The van der Waals surface area contributed by atoms with Crippen molar-refractivity contribution in [2.75, 3.05) is 23.5 Å². The lowest BCUT2D eigenvalue weighted by atomic mass is 10.3. The molecular weight excluding hydrogens is 305 g/mol. The number of anilines is 1. The maximum atomic E-state index is 12.1. The lowest BCUT2D eigenvalue weighted by Crippen LogP contribution is -2.28. The van der Waals surface area contributed by atoms with Crippen molar-refractivity contribution in [1.29, 1.82) is 0 Å². The Balaban J connectivity index is 3.36. The zero-order chi connectivity index (χ0) is 14.5. The van der Waals surface area contributed by atoms with Gasteiger partial charge >= 0.3 is 6.64 Å². The van der Waals surface area contributed by atoms with Gasteiger partial charge in [-0.3, -0.25) is 0 Å². The van der Waals surface area contributed by atoms with Crippen molar-refractivity contribution >= 4 is 34.2 Å². The predicted molar refractivity (Wildman–Crippen MR) is 81.3 cm³/mol. The van der Waals surface area contributed by atoms with Crippen LogP contribution < -0.4 is 4.08 Å². The van der Waals surface area contributed by atoms with Crippen LogP contribution in [-0.2, 0) is 30.9 Å². The monoisotopic (exact) mass is 323 g/mol. The average Bonchev–Trinajstić information content (AvgIpc) is 2.28. The molecule has 0 unspecified atom stereocenters. The SMILES string of the molecule is CCOP(=S)(OCC)N(c1ccccc1)S(C)(=O)=O. The molecule has 5 nitrogen and oxygen atoms in total. The Bertz CT molecular complexity index is 537. The van der Waals surface area contributed by atoms with Gasteiger partial charge in [0.2, 0.25) is 10.0 Å². The first-order chi connectivity index (χ1) is 8.85. The predicted octanol–water partition coefficient (Wildman–Crippen LogP) is 2.75. The van der Waals surface area contributed by atoms with Crippen LogP contribution in [0.5, 0.6) is 0 Å². The molecule has 0 spiro atoms. The molecular formula is C11H18NO4PS2. The van der Waals surface area contributed by atoms with E-state index >= 15 is 0 Å². The third-order valence-corrected chi connectivity index (χ3v) is 7.75. The summed E-state index contributed by atoms with van der Waals surface area (Å²) in [6, 6.07) is 8.62. The van der Waals surface area contributed by atoms with Crippen LogP contribution in [0.3, 0.4) is 0 Å². The number of hydrogen-bond donors (Lipinski definition) is 0. The van der Waals surface area contributed by atoms with E-state index in [0.717, 1.165) is 10.3 Å². The lowest BCUT2D eigenvalue weighted by molar-refractivity contribution is 0.268. The van der Waals surface area contributed by atoms with Crippen LogP contribution in [0.1, 0.15) is 13.8 Å². The average molecular weight is 323 g/mol. The molecule has 0 aliphatic rings. The van der Waals surface area contributed by atoms with Crippen molar-refractivity contribution in [2.45, 2.75) is 13.8 Å². The maximum absolute atomic E-state index is 12.1. The highest BCUT2D eigenvalue weighted by Gasteiger charge is 2.35. The van der Waals surface area contributed by atoms with Gasteiger partial charge in [-0.25, -0.2) is 8.42 Å². The smallest absolute Gasteiger partial charge is 0.303 e. The zero-order valence-corrected chi connectivity index (χ0v) is 13.7. The van der Waals surface area contributed by atoms with Crippen molar-refractivity contribution in [3.63, 3.8) is 0 Å². The van der Waals surface area contributed by atoms with Gasteiger partial charge < -0.3 is 9.05 Å². The molecule has 0 aromatic heterocycles. The molecule has 0 fully saturated rings. The van der Waals surface area contributed by atoms with Gasteiger partial charge in [0.15, 0.2) is 0 Å². The van der Waals surface area contributed by atoms with Crippen molar-refractivity contribution in [3.05, 3.63) is 30.3 Å². The van der Waals surface area contributed by atoms with Crippen molar-refractivity contribution in [3.8, 4) is 0 Å². The van der Waals surface area contributed by atoms with Gasteiger partial charge in [0, 0.05) is 0 Å². The summed E-state index contributed by atoms with van der Waals surface area (Å²) in [5.74, 6) is 0. The van der Waals surface area contributed by atoms with E-state index in [1.807, 2.05) is 0 Å². The molecule has 1 rings (SSSR count). The fraction of sp³-hybridized carbons (Fsp3) is 0.455. The number of benzene rings is 1. The van der Waals surface area contributed by atoms with Crippen LogP contribution in [0.2, 0.25) is 0 Å². The van der Waals surface area contributed by atoms with Crippen molar-refractivity contribution in [1.82, 2.24) is 0 Å². The molecule has 0 aliphatic heterocycles. The van der Waals surface area contributed by atoms with Gasteiger partial charge in [0.25, 0.3) is 0 Å². The van der Waals surface area contributed by atoms with Crippen molar-refractivity contribution < 1.29 is 17.5 Å². The first-order valence-electron chi connectivity index (χ1n) is 5.80. The van der Waals surface area contributed by atoms with Gasteiger partial charge in [-0.15, -0.1) is 0 Å². The highest BCUT2D eigenvalue weighted by Crippen LogP contribution is 2.55. The summed E-state index contributed by atoms with van der Waals surface area (Å²) >= 11 is 5.37. The molecule has 8 heteroatoms. The van der Waals surface area contributed by atoms with Gasteiger partial charge in [-0.1, -0.05) is 18.2 Å². The molecule has 0 aliphatic carbocycles. The standard InChI is InChI=1S/C11H18NO4PS2/c1-4-15-17(18,16-5-2)12(19(3,13)14)11-9-7-6-8-10-11/h6-10H,4-5H2,1-3H3. The molecule has 0 amide bonds. The Morgan fingerprint density at radius 2 is 1.63 bits per heavy atom. The highest BCUT2D eigenvalue weighted by atomic mass is 32.5. The Hall–Kier alpha value is -0.460. The van der Waals surface area contributed by atoms with Gasteiger partial charge in [-0.2, -0.15) is 4.08 Å². The summed E-state index contributed by atoms with van der Waals surface area (Å²) < 4.78 is 36.1. The van der Waals surface area contributed by atoms with E-state index in [1.54, 1.807) is 44.2 Å². The summed E-state index contributed by atoms with van der Waals surface area (Å²) in [6.07, 6.45) is 1.10. The molecule has 0 N–H and O–H groups in total.